The second-order valence-corrected chi connectivity index (χ2v) is 3.28. The smallest absolute Gasteiger partial charge is 0.333 e. The molecule has 0 unspecified atom stereocenters. The molecule has 0 aliphatic carbocycles. The van der Waals surface area contributed by atoms with Gasteiger partial charge < -0.3 is 19.9 Å². The zero-order chi connectivity index (χ0) is 12.2. The average Bonchev–Trinajstić information content (AvgIpc) is 2.26. The molecule has 0 radical (unpaired) electrons. The molecule has 0 saturated heterocycles. The maximum absolute atomic E-state index is 10.9. The van der Waals surface area contributed by atoms with Crippen LogP contribution in [0.3, 0.4) is 0 Å². The van der Waals surface area contributed by atoms with Crippen LogP contribution in [0.4, 0.5) is 0 Å². The lowest BCUT2D eigenvalue weighted by atomic mass is 10.4. The fraction of sp³-hybridized carbons (Fsp3) is 0.727. The van der Waals surface area contributed by atoms with Crippen molar-refractivity contribution in [2.24, 2.45) is 5.73 Å². The fourth-order valence-corrected chi connectivity index (χ4v) is 0.824. The van der Waals surface area contributed by atoms with Crippen molar-refractivity contribution in [3.63, 3.8) is 0 Å². The van der Waals surface area contributed by atoms with Crippen LogP contribution in [0.25, 0.3) is 0 Å². The second kappa shape index (κ2) is 10.6. The largest absolute Gasteiger partial charge is 0.460 e. The lowest BCUT2D eigenvalue weighted by Gasteiger charge is -2.06. The van der Waals surface area contributed by atoms with E-state index in [9.17, 15) is 4.79 Å². The van der Waals surface area contributed by atoms with Gasteiger partial charge in [-0.1, -0.05) is 6.58 Å². The number of carbonyl (C=O) groups is 1. The lowest BCUT2D eigenvalue weighted by molar-refractivity contribution is -0.140. The van der Waals surface area contributed by atoms with E-state index in [1.807, 2.05) is 0 Å². The molecule has 0 aliphatic rings. The SMILES string of the molecule is C=C(C)C(=O)OCCOCCOCCCN. The molecule has 0 bridgehead atoms. The molecule has 2 N–H and O–H groups in total. The standard InChI is InChI=1S/C11H21NO4/c1-10(2)11(13)16-9-8-15-7-6-14-5-3-4-12/h1,3-9,12H2,2H3. The molecular formula is C11H21NO4. The second-order valence-electron chi connectivity index (χ2n) is 3.28. The highest BCUT2D eigenvalue weighted by molar-refractivity contribution is 5.86. The van der Waals surface area contributed by atoms with E-state index in [-0.39, 0.29) is 12.6 Å². The van der Waals surface area contributed by atoms with E-state index in [1.165, 1.54) is 0 Å². The fourth-order valence-electron chi connectivity index (χ4n) is 0.824. The first-order valence-electron chi connectivity index (χ1n) is 5.36. The Hall–Kier alpha value is -0.910. The van der Waals surface area contributed by atoms with Gasteiger partial charge in [-0.25, -0.2) is 4.79 Å². The van der Waals surface area contributed by atoms with E-state index in [2.05, 4.69) is 6.58 Å². The summed E-state index contributed by atoms with van der Waals surface area (Å²) in [6, 6.07) is 0. The Bertz CT molecular complexity index is 206. The molecule has 0 aromatic rings. The summed E-state index contributed by atoms with van der Waals surface area (Å²) >= 11 is 0. The summed E-state index contributed by atoms with van der Waals surface area (Å²) in [5.41, 5.74) is 5.69. The van der Waals surface area contributed by atoms with Crippen molar-refractivity contribution in [3.8, 4) is 0 Å². The first-order valence-corrected chi connectivity index (χ1v) is 5.36. The van der Waals surface area contributed by atoms with Crippen molar-refractivity contribution in [3.05, 3.63) is 12.2 Å². The van der Waals surface area contributed by atoms with Crippen LogP contribution in [0.2, 0.25) is 0 Å². The third-order valence-electron chi connectivity index (χ3n) is 1.67. The van der Waals surface area contributed by atoms with Crippen LogP contribution >= 0.6 is 0 Å². The Balaban J connectivity index is 3.10. The molecule has 16 heavy (non-hydrogen) atoms. The summed E-state index contributed by atoms with van der Waals surface area (Å²) in [5.74, 6) is -0.386. The molecule has 0 spiro atoms. The van der Waals surface area contributed by atoms with E-state index in [1.54, 1.807) is 6.92 Å². The molecule has 0 aromatic carbocycles. The van der Waals surface area contributed by atoms with E-state index in [0.29, 0.717) is 38.5 Å². The minimum Gasteiger partial charge on any atom is -0.460 e. The zero-order valence-corrected chi connectivity index (χ0v) is 9.87. The Morgan fingerprint density at radius 2 is 1.69 bits per heavy atom. The summed E-state index contributed by atoms with van der Waals surface area (Å²) in [4.78, 5) is 10.9. The molecule has 0 atom stereocenters. The Morgan fingerprint density at radius 1 is 1.12 bits per heavy atom. The number of hydrogen-bond acceptors (Lipinski definition) is 5. The van der Waals surface area contributed by atoms with Crippen LogP contribution in [0.1, 0.15) is 13.3 Å². The molecule has 0 heterocycles. The highest BCUT2D eigenvalue weighted by Crippen LogP contribution is 1.91. The summed E-state index contributed by atoms with van der Waals surface area (Å²) in [7, 11) is 0. The number of carbonyl (C=O) groups excluding carboxylic acids is 1. The van der Waals surface area contributed by atoms with Crippen LogP contribution < -0.4 is 5.73 Å². The van der Waals surface area contributed by atoms with Crippen molar-refractivity contribution >= 4 is 5.97 Å². The van der Waals surface area contributed by atoms with Gasteiger partial charge in [0.05, 0.1) is 19.8 Å². The molecule has 0 amide bonds. The van der Waals surface area contributed by atoms with Crippen molar-refractivity contribution < 1.29 is 19.0 Å². The molecule has 0 fully saturated rings. The van der Waals surface area contributed by atoms with Crippen molar-refractivity contribution in [1.82, 2.24) is 0 Å². The maximum atomic E-state index is 10.9. The van der Waals surface area contributed by atoms with Crippen LogP contribution in [0.5, 0.6) is 0 Å². The highest BCUT2D eigenvalue weighted by Gasteiger charge is 2.01. The third-order valence-corrected chi connectivity index (χ3v) is 1.67. The summed E-state index contributed by atoms with van der Waals surface area (Å²) in [6.45, 7) is 8.02. The van der Waals surface area contributed by atoms with Crippen LogP contribution in [0.15, 0.2) is 12.2 Å². The van der Waals surface area contributed by atoms with Gasteiger partial charge in [0.2, 0.25) is 0 Å². The molecule has 0 aromatic heterocycles. The minimum absolute atomic E-state index is 0.245. The summed E-state index contributed by atoms with van der Waals surface area (Å²) in [5, 5.41) is 0. The molecule has 5 nitrogen and oxygen atoms in total. The lowest BCUT2D eigenvalue weighted by Crippen LogP contribution is -2.13. The number of hydrogen-bond donors (Lipinski definition) is 1. The Morgan fingerprint density at radius 3 is 2.25 bits per heavy atom. The molecule has 0 rings (SSSR count). The van der Waals surface area contributed by atoms with Crippen LogP contribution in [-0.2, 0) is 19.0 Å². The summed E-state index contributed by atoms with van der Waals surface area (Å²) < 4.78 is 15.2. The van der Waals surface area contributed by atoms with Crippen molar-refractivity contribution in [2.45, 2.75) is 13.3 Å². The Kier molecular flexibility index (Phi) is 10.00. The average molecular weight is 231 g/mol. The van der Waals surface area contributed by atoms with E-state index in [4.69, 9.17) is 19.9 Å². The third kappa shape index (κ3) is 9.64. The van der Waals surface area contributed by atoms with E-state index < -0.39 is 0 Å². The van der Waals surface area contributed by atoms with Gasteiger partial charge in [0.25, 0.3) is 0 Å². The van der Waals surface area contributed by atoms with Crippen molar-refractivity contribution in [2.75, 3.05) is 39.6 Å². The van der Waals surface area contributed by atoms with Crippen LogP contribution in [-0.4, -0.2) is 45.5 Å². The van der Waals surface area contributed by atoms with Crippen molar-refractivity contribution in [1.29, 1.82) is 0 Å². The highest BCUT2D eigenvalue weighted by atomic mass is 16.6. The number of rotatable bonds is 10. The molecule has 0 saturated carbocycles. The van der Waals surface area contributed by atoms with Gasteiger partial charge in [0, 0.05) is 12.2 Å². The number of ether oxygens (including phenoxy) is 3. The topological polar surface area (TPSA) is 70.8 Å². The maximum Gasteiger partial charge on any atom is 0.333 e. The first kappa shape index (κ1) is 15.1. The van der Waals surface area contributed by atoms with Gasteiger partial charge in [0.15, 0.2) is 0 Å². The molecular weight excluding hydrogens is 210 g/mol. The van der Waals surface area contributed by atoms with Gasteiger partial charge in [-0.2, -0.15) is 0 Å². The molecule has 94 valence electrons. The number of esters is 1. The van der Waals surface area contributed by atoms with Gasteiger partial charge >= 0.3 is 5.97 Å². The van der Waals surface area contributed by atoms with Gasteiger partial charge in [0.1, 0.15) is 6.61 Å². The molecule has 0 aliphatic heterocycles. The normalized spacial score (nSPS) is 10.1. The van der Waals surface area contributed by atoms with E-state index >= 15 is 0 Å². The predicted octanol–water partition coefficient (Wildman–Crippen LogP) is 0.488. The first-order chi connectivity index (χ1) is 7.68. The minimum atomic E-state index is -0.386. The van der Waals surface area contributed by atoms with Gasteiger partial charge in [-0.05, 0) is 19.9 Å². The molecule has 5 heteroatoms. The number of nitrogens with two attached hydrogens (primary N) is 1. The monoisotopic (exact) mass is 231 g/mol. The Labute approximate surface area is 96.5 Å². The quantitative estimate of drug-likeness (QED) is 0.336. The van der Waals surface area contributed by atoms with Gasteiger partial charge in [-0.15, -0.1) is 0 Å². The van der Waals surface area contributed by atoms with Gasteiger partial charge in [-0.3, -0.25) is 0 Å². The zero-order valence-electron chi connectivity index (χ0n) is 9.87. The van der Waals surface area contributed by atoms with E-state index in [0.717, 1.165) is 6.42 Å². The predicted molar refractivity (Wildman–Crippen MR) is 61.1 cm³/mol. The van der Waals surface area contributed by atoms with Crippen LogP contribution in [0, 0.1) is 0 Å². The summed E-state index contributed by atoms with van der Waals surface area (Å²) in [6.07, 6.45) is 0.857.